The Kier molecular flexibility index (Phi) is 5.10. The first kappa shape index (κ1) is 19.8. The highest BCUT2D eigenvalue weighted by Gasteiger charge is 2.57. The molecule has 4 rings (SSSR count). The van der Waals surface area contributed by atoms with Gasteiger partial charge in [0.2, 0.25) is 17.6 Å². The number of methoxy groups -OCH3 is 1. The van der Waals surface area contributed by atoms with E-state index in [1.807, 2.05) is 30.3 Å². The minimum Gasteiger partial charge on any atom is -0.497 e. The molecule has 5 nitrogen and oxygen atoms in total. The largest absolute Gasteiger partial charge is 0.497 e. The second-order valence-electron chi connectivity index (χ2n) is 7.12. The van der Waals surface area contributed by atoms with E-state index in [4.69, 9.17) is 4.74 Å². The predicted molar refractivity (Wildman–Crippen MR) is 110 cm³/mol. The van der Waals surface area contributed by atoms with Crippen LogP contribution in [0.5, 0.6) is 5.75 Å². The number of alkyl halides is 1. The van der Waals surface area contributed by atoms with Gasteiger partial charge in [0.1, 0.15) is 5.75 Å². The summed E-state index contributed by atoms with van der Waals surface area (Å²) in [5.74, 6) is -1.32. The van der Waals surface area contributed by atoms with E-state index in [-0.39, 0.29) is 17.7 Å². The molecule has 0 aromatic heterocycles. The maximum atomic E-state index is 15.5. The number of rotatable bonds is 6. The molecule has 0 unspecified atom stereocenters. The van der Waals surface area contributed by atoms with Gasteiger partial charge in [0.05, 0.1) is 19.3 Å². The van der Waals surface area contributed by atoms with E-state index in [1.54, 1.807) is 18.2 Å². The molecule has 152 valence electrons. The Labute approximate surface area is 173 Å². The van der Waals surface area contributed by atoms with Gasteiger partial charge in [-0.1, -0.05) is 48.5 Å². The smallest absolute Gasteiger partial charge is 0.267 e. The first-order valence-corrected chi connectivity index (χ1v) is 9.47. The highest BCUT2D eigenvalue weighted by molar-refractivity contribution is 6.12. The van der Waals surface area contributed by atoms with Crippen LogP contribution in [0.1, 0.15) is 21.5 Å². The quantitative estimate of drug-likeness (QED) is 0.636. The summed E-state index contributed by atoms with van der Waals surface area (Å²) in [6.07, 6.45) is -2.46. The van der Waals surface area contributed by atoms with Crippen molar-refractivity contribution >= 4 is 17.4 Å². The van der Waals surface area contributed by atoms with Crippen molar-refractivity contribution in [1.82, 2.24) is 0 Å². The molecule has 0 saturated carbocycles. The third-order valence-corrected chi connectivity index (χ3v) is 5.33. The Balaban J connectivity index is 1.71. The summed E-state index contributed by atoms with van der Waals surface area (Å²) in [4.78, 5) is 27.4. The van der Waals surface area contributed by atoms with Crippen LogP contribution in [-0.2, 0) is 16.9 Å². The van der Waals surface area contributed by atoms with Gasteiger partial charge in [0, 0.05) is 11.1 Å². The number of hydrogen-bond donors (Lipinski definition) is 1. The van der Waals surface area contributed by atoms with Crippen molar-refractivity contribution < 1.29 is 23.8 Å². The molecule has 1 amide bonds. The van der Waals surface area contributed by atoms with Gasteiger partial charge >= 0.3 is 0 Å². The lowest BCUT2D eigenvalue weighted by atomic mass is 9.86. The first-order valence-electron chi connectivity index (χ1n) is 9.47. The normalized spacial score (nSPS) is 18.8. The van der Waals surface area contributed by atoms with E-state index in [1.165, 1.54) is 42.3 Å². The summed E-state index contributed by atoms with van der Waals surface area (Å²) in [6, 6.07) is 21.5. The Morgan fingerprint density at radius 1 is 1.03 bits per heavy atom. The van der Waals surface area contributed by atoms with Gasteiger partial charge < -0.3 is 14.7 Å². The SMILES string of the molecule is COc1ccc(C(=O)[C@@H](F)[C@@]2(O)C(=O)N(Cc3ccccc3)c3ccccc32)cc1. The number of anilines is 1. The number of hydrogen-bond acceptors (Lipinski definition) is 4. The number of ketones is 1. The summed E-state index contributed by atoms with van der Waals surface area (Å²) in [7, 11) is 1.48. The van der Waals surface area contributed by atoms with Crippen LogP contribution >= 0.6 is 0 Å². The molecule has 0 fully saturated rings. The number of ether oxygens (including phenoxy) is 1. The topological polar surface area (TPSA) is 66.8 Å². The van der Waals surface area contributed by atoms with E-state index in [9.17, 15) is 14.7 Å². The van der Waals surface area contributed by atoms with E-state index in [2.05, 4.69) is 0 Å². The maximum Gasteiger partial charge on any atom is 0.267 e. The molecule has 0 saturated heterocycles. The molecule has 3 aromatic carbocycles. The van der Waals surface area contributed by atoms with E-state index in [0.29, 0.717) is 11.4 Å². The highest BCUT2D eigenvalue weighted by atomic mass is 19.1. The number of aliphatic hydroxyl groups is 1. The van der Waals surface area contributed by atoms with Crippen LogP contribution in [0.3, 0.4) is 0 Å². The number of Topliss-reactive ketones (excluding diaryl/α,β-unsaturated/α-hetero) is 1. The van der Waals surface area contributed by atoms with Crippen LogP contribution in [0, 0.1) is 0 Å². The fourth-order valence-electron chi connectivity index (χ4n) is 3.72. The second-order valence-corrected chi connectivity index (χ2v) is 7.12. The number of para-hydroxylation sites is 1. The van der Waals surface area contributed by atoms with Crippen LogP contribution in [0.15, 0.2) is 78.9 Å². The van der Waals surface area contributed by atoms with Gasteiger partial charge in [-0.2, -0.15) is 0 Å². The fourth-order valence-corrected chi connectivity index (χ4v) is 3.72. The van der Waals surface area contributed by atoms with Gasteiger partial charge in [-0.25, -0.2) is 4.39 Å². The molecule has 30 heavy (non-hydrogen) atoms. The monoisotopic (exact) mass is 405 g/mol. The minimum absolute atomic E-state index is 0.0449. The zero-order chi connectivity index (χ0) is 21.3. The summed E-state index contributed by atoms with van der Waals surface area (Å²) < 4.78 is 20.6. The van der Waals surface area contributed by atoms with Crippen LogP contribution in [0.25, 0.3) is 0 Å². The number of benzene rings is 3. The summed E-state index contributed by atoms with van der Waals surface area (Å²) in [5, 5.41) is 11.2. The number of fused-ring (bicyclic) bond motifs is 1. The summed E-state index contributed by atoms with van der Waals surface area (Å²) in [5.41, 5.74) is -1.26. The van der Waals surface area contributed by atoms with Crippen molar-refractivity contribution in [1.29, 1.82) is 0 Å². The Morgan fingerprint density at radius 3 is 2.33 bits per heavy atom. The van der Waals surface area contributed by atoms with E-state index in [0.717, 1.165) is 5.56 Å². The number of carbonyl (C=O) groups is 2. The molecule has 0 bridgehead atoms. The molecular weight excluding hydrogens is 385 g/mol. The van der Waals surface area contributed by atoms with Gasteiger partial charge in [0.15, 0.2) is 0 Å². The zero-order valence-corrected chi connectivity index (χ0v) is 16.3. The van der Waals surface area contributed by atoms with Crippen LogP contribution in [0.2, 0.25) is 0 Å². The Morgan fingerprint density at radius 2 is 1.67 bits per heavy atom. The zero-order valence-electron chi connectivity index (χ0n) is 16.3. The van der Waals surface area contributed by atoms with Crippen molar-refractivity contribution in [2.24, 2.45) is 0 Å². The molecule has 1 aliphatic rings. The minimum atomic E-state index is -2.59. The van der Waals surface area contributed by atoms with Gasteiger partial charge in [-0.3, -0.25) is 9.59 Å². The van der Waals surface area contributed by atoms with Crippen molar-refractivity contribution in [2.45, 2.75) is 18.3 Å². The van der Waals surface area contributed by atoms with Crippen LogP contribution in [0.4, 0.5) is 10.1 Å². The second kappa shape index (κ2) is 7.72. The average Bonchev–Trinajstić information content (AvgIpc) is 3.01. The molecule has 1 heterocycles. The van der Waals surface area contributed by atoms with Crippen LogP contribution in [-0.4, -0.2) is 30.1 Å². The van der Waals surface area contributed by atoms with Gasteiger partial charge in [-0.05, 0) is 35.9 Å². The molecule has 0 aliphatic carbocycles. The first-order chi connectivity index (χ1) is 14.5. The Bertz CT molecular complexity index is 1080. The average molecular weight is 405 g/mol. The summed E-state index contributed by atoms with van der Waals surface area (Å²) >= 11 is 0. The summed E-state index contributed by atoms with van der Waals surface area (Å²) in [6.45, 7) is 0.155. The Hall–Kier alpha value is -3.51. The maximum absolute atomic E-state index is 15.5. The molecule has 1 aliphatic heterocycles. The predicted octanol–water partition coefficient (Wildman–Crippen LogP) is 3.65. The van der Waals surface area contributed by atoms with Gasteiger partial charge in [-0.15, -0.1) is 0 Å². The van der Waals surface area contributed by atoms with Crippen molar-refractivity contribution in [3.63, 3.8) is 0 Å². The standard InChI is InChI=1S/C24H20FNO4/c1-30-18-13-11-17(12-14-18)21(27)22(25)24(29)19-9-5-6-10-20(19)26(23(24)28)15-16-7-3-2-4-8-16/h2-14,22,29H,15H2,1H3/t22-,24-/m1/s1. The number of carbonyl (C=O) groups excluding carboxylic acids is 2. The van der Waals surface area contributed by atoms with E-state index >= 15 is 4.39 Å². The lowest BCUT2D eigenvalue weighted by molar-refractivity contribution is -0.141. The van der Waals surface area contributed by atoms with Crippen molar-refractivity contribution in [2.75, 3.05) is 12.0 Å². The lowest BCUT2D eigenvalue weighted by Gasteiger charge is -2.26. The third-order valence-electron chi connectivity index (χ3n) is 5.33. The molecule has 2 atom stereocenters. The molecule has 0 radical (unpaired) electrons. The lowest BCUT2D eigenvalue weighted by Crippen LogP contribution is -2.49. The fraction of sp³-hybridized carbons (Fsp3) is 0.167. The number of halogens is 1. The molecular formula is C24H20FNO4. The molecule has 6 heteroatoms. The molecule has 1 N–H and O–H groups in total. The molecule has 3 aromatic rings. The number of nitrogens with zero attached hydrogens (tertiary/aromatic N) is 1. The third kappa shape index (κ3) is 3.15. The molecule has 0 spiro atoms. The highest BCUT2D eigenvalue weighted by Crippen LogP contribution is 2.44. The van der Waals surface area contributed by atoms with Crippen molar-refractivity contribution in [3.05, 3.63) is 95.6 Å². The van der Waals surface area contributed by atoms with Crippen molar-refractivity contribution in [3.8, 4) is 5.75 Å². The number of amides is 1. The van der Waals surface area contributed by atoms with Gasteiger partial charge in [0.25, 0.3) is 5.91 Å². The van der Waals surface area contributed by atoms with Crippen LogP contribution < -0.4 is 9.64 Å². The van der Waals surface area contributed by atoms with E-state index < -0.39 is 23.5 Å².